The summed E-state index contributed by atoms with van der Waals surface area (Å²) in [6, 6.07) is 5.20. The Morgan fingerprint density at radius 1 is 1.32 bits per heavy atom. The largest absolute Gasteiger partial charge is 0.497 e. The van der Waals surface area contributed by atoms with Crippen molar-refractivity contribution in [3.8, 4) is 5.75 Å². The molecule has 3 rings (SSSR count). The predicted molar refractivity (Wildman–Crippen MR) is 89.7 cm³/mol. The van der Waals surface area contributed by atoms with Crippen LogP contribution in [-0.4, -0.2) is 30.2 Å². The number of hydrogen-bond acceptors (Lipinski definition) is 5. The maximum atomic E-state index is 13.1. The minimum atomic E-state index is -4.53. The number of ether oxygens (including phenoxy) is 1. The Morgan fingerprint density at radius 2 is 2.04 bits per heavy atom. The summed E-state index contributed by atoms with van der Waals surface area (Å²) >= 11 is 6.30. The molecule has 1 aliphatic rings. The van der Waals surface area contributed by atoms with Crippen LogP contribution in [0.15, 0.2) is 24.4 Å². The van der Waals surface area contributed by atoms with E-state index in [2.05, 4.69) is 15.3 Å². The first-order chi connectivity index (χ1) is 11.8. The minimum absolute atomic E-state index is 0.0889. The molecule has 1 saturated carbocycles. The Kier molecular flexibility index (Phi) is 4.64. The number of hydrogen-bond donors (Lipinski definition) is 1. The van der Waals surface area contributed by atoms with E-state index >= 15 is 0 Å². The van der Waals surface area contributed by atoms with E-state index < -0.39 is 11.7 Å². The quantitative estimate of drug-likeness (QED) is 0.837. The van der Waals surface area contributed by atoms with Gasteiger partial charge in [-0.2, -0.15) is 18.2 Å². The minimum Gasteiger partial charge on any atom is -0.497 e. The summed E-state index contributed by atoms with van der Waals surface area (Å²) in [4.78, 5) is 9.78. The third kappa shape index (κ3) is 3.58. The van der Waals surface area contributed by atoms with Crippen molar-refractivity contribution >= 4 is 29.1 Å². The summed E-state index contributed by atoms with van der Waals surface area (Å²) in [6.45, 7) is 0. The molecule has 1 heterocycles. The molecule has 2 aromatic rings. The van der Waals surface area contributed by atoms with Crippen molar-refractivity contribution in [3.05, 3.63) is 35.0 Å². The van der Waals surface area contributed by atoms with E-state index in [0.29, 0.717) is 16.5 Å². The second kappa shape index (κ2) is 6.59. The summed E-state index contributed by atoms with van der Waals surface area (Å²) in [5.41, 5.74) is -0.309. The van der Waals surface area contributed by atoms with Crippen molar-refractivity contribution in [2.45, 2.75) is 25.1 Å². The van der Waals surface area contributed by atoms with Gasteiger partial charge in [0, 0.05) is 25.4 Å². The Bertz CT molecular complexity index is 780. The van der Waals surface area contributed by atoms with E-state index in [1.165, 1.54) is 14.2 Å². The second-order valence-corrected chi connectivity index (χ2v) is 6.01. The van der Waals surface area contributed by atoms with Gasteiger partial charge >= 0.3 is 6.18 Å². The fraction of sp³-hybridized carbons (Fsp3) is 0.375. The van der Waals surface area contributed by atoms with Gasteiger partial charge in [0.05, 0.1) is 17.8 Å². The molecule has 0 atom stereocenters. The van der Waals surface area contributed by atoms with Crippen LogP contribution >= 0.6 is 11.6 Å². The van der Waals surface area contributed by atoms with Gasteiger partial charge in [-0.3, -0.25) is 0 Å². The SMILES string of the molecule is CNc1nc(N(c2cc(OC)ccc2Cl)C2CC2)ncc1C(F)(F)F. The highest BCUT2D eigenvalue weighted by molar-refractivity contribution is 6.33. The van der Waals surface area contributed by atoms with Crippen LogP contribution in [0, 0.1) is 0 Å². The van der Waals surface area contributed by atoms with Gasteiger partial charge in [0.15, 0.2) is 0 Å². The number of benzene rings is 1. The zero-order chi connectivity index (χ0) is 18.2. The first kappa shape index (κ1) is 17.6. The van der Waals surface area contributed by atoms with Gasteiger partial charge in [-0.05, 0) is 25.0 Å². The third-order valence-electron chi connectivity index (χ3n) is 3.86. The topological polar surface area (TPSA) is 50.3 Å². The molecule has 1 aromatic heterocycles. The number of nitrogens with zero attached hydrogens (tertiary/aromatic N) is 3. The number of rotatable bonds is 5. The molecule has 1 fully saturated rings. The van der Waals surface area contributed by atoms with E-state index in [-0.39, 0.29) is 17.8 Å². The van der Waals surface area contributed by atoms with E-state index in [0.717, 1.165) is 19.0 Å². The number of methoxy groups -OCH3 is 1. The monoisotopic (exact) mass is 372 g/mol. The van der Waals surface area contributed by atoms with Gasteiger partial charge in [-0.25, -0.2) is 4.98 Å². The molecule has 0 amide bonds. The van der Waals surface area contributed by atoms with Gasteiger partial charge in [0.1, 0.15) is 17.1 Å². The molecule has 9 heteroatoms. The molecule has 0 spiro atoms. The fourth-order valence-electron chi connectivity index (χ4n) is 2.49. The van der Waals surface area contributed by atoms with Crippen LogP contribution in [0.5, 0.6) is 5.75 Å². The van der Waals surface area contributed by atoms with Gasteiger partial charge in [0.2, 0.25) is 5.95 Å². The van der Waals surface area contributed by atoms with Gasteiger partial charge < -0.3 is 15.0 Å². The molecule has 0 unspecified atom stereocenters. The van der Waals surface area contributed by atoms with Crippen LogP contribution in [-0.2, 0) is 6.18 Å². The Balaban J connectivity index is 2.08. The van der Waals surface area contributed by atoms with Crippen LogP contribution in [0.1, 0.15) is 18.4 Å². The summed E-state index contributed by atoms with van der Waals surface area (Å²) in [5.74, 6) is 0.475. The van der Waals surface area contributed by atoms with Crippen LogP contribution in [0.25, 0.3) is 0 Å². The lowest BCUT2D eigenvalue weighted by atomic mass is 10.2. The van der Waals surface area contributed by atoms with Crippen LogP contribution < -0.4 is 15.0 Å². The molecule has 0 bridgehead atoms. The number of alkyl halides is 3. The second-order valence-electron chi connectivity index (χ2n) is 5.60. The average molecular weight is 373 g/mol. The lowest BCUT2D eigenvalue weighted by Crippen LogP contribution is -2.23. The van der Waals surface area contributed by atoms with Crippen LogP contribution in [0.3, 0.4) is 0 Å². The van der Waals surface area contributed by atoms with Crippen molar-refractivity contribution in [1.82, 2.24) is 9.97 Å². The normalized spacial score (nSPS) is 14.3. The molecule has 1 aromatic carbocycles. The van der Waals surface area contributed by atoms with Crippen molar-refractivity contribution in [2.75, 3.05) is 24.4 Å². The van der Waals surface area contributed by atoms with Gasteiger partial charge in [0.25, 0.3) is 0 Å². The van der Waals surface area contributed by atoms with Gasteiger partial charge in [-0.15, -0.1) is 0 Å². The summed E-state index contributed by atoms with van der Waals surface area (Å²) in [6.07, 6.45) is -1.98. The predicted octanol–water partition coefficient (Wildman–Crippen LogP) is 4.50. The Morgan fingerprint density at radius 3 is 2.60 bits per heavy atom. The highest BCUT2D eigenvalue weighted by atomic mass is 35.5. The number of nitrogens with one attached hydrogen (secondary N) is 1. The molecular weight excluding hydrogens is 357 g/mol. The van der Waals surface area contributed by atoms with E-state index in [1.807, 2.05) is 0 Å². The molecule has 134 valence electrons. The van der Waals surface area contributed by atoms with E-state index in [4.69, 9.17) is 16.3 Å². The van der Waals surface area contributed by atoms with Crippen molar-refractivity contribution in [3.63, 3.8) is 0 Å². The lowest BCUT2D eigenvalue weighted by Gasteiger charge is -2.25. The summed E-state index contributed by atoms with van der Waals surface area (Å²) in [7, 11) is 2.92. The summed E-state index contributed by atoms with van der Waals surface area (Å²) < 4.78 is 44.4. The molecule has 0 aliphatic heterocycles. The molecular formula is C16H16ClF3N4O. The number of halogens is 4. The maximum absolute atomic E-state index is 13.1. The van der Waals surface area contributed by atoms with Crippen molar-refractivity contribution in [2.24, 2.45) is 0 Å². The maximum Gasteiger partial charge on any atom is 0.421 e. The highest BCUT2D eigenvalue weighted by Crippen LogP contribution is 2.42. The van der Waals surface area contributed by atoms with E-state index in [9.17, 15) is 13.2 Å². The standard InChI is InChI=1S/C16H16ClF3N4O/c1-21-14-11(16(18,19)20)8-22-15(23-14)24(9-3-4-9)13-7-10(25-2)5-6-12(13)17/h5-9H,3-4H2,1-2H3,(H,21,22,23). The zero-order valence-corrected chi connectivity index (χ0v) is 14.3. The molecule has 1 aliphatic carbocycles. The first-order valence-electron chi connectivity index (χ1n) is 7.60. The average Bonchev–Trinajstić information content (AvgIpc) is 3.40. The lowest BCUT2D eigenvalue weighted by molar-refractivity contribution is -0.137. The zero-order valence-electron chi connectivity index (χ0n) is 13.6. The third-order valence-corrected chi connectivity index (χ3v) is 4.18. The smallest absolute Gasteiger partial charge is 0.421 e. The fourth-order valence-corrected chi connectivity index (χ4v) is 2.70. The molecule has 5 nitrogen and oxygen atoms in total. The van der Waals surface area contributed by atoms with Crippen LogP contribution in [0.4, 0.5) is 30.6 Å². The Hall–Kier alpha value is -2.22. The van der Waals surface area contributed by atoms with Gasteiger partial charge in [-0.1, -0.05) is 11.6 Å². The molecule has 25 heavy (non-hydrogen) atoms. The Labute approximate surface area is 147 Å². The molecule has 0 radical (unpaired) electrons. The van der Waals surface area contributed by atoms with E-state index in [1.54, 1.807) is 23.1 Å². The number of aromatic nitrogens is 2. The highest BCUT2D eigenvalue weighted by Gasteiger charge is 2.37. The molecule has 0 saturated heterocycles. The first-order valence-corrected chi connectivity index (χ1v) is 7.97. The van der Waals surface area contributed by atoms with Crippen molar-refractivity contribution < 1.29 is 17.9 Å². The number of anilines is 3. The van der Waals surface area contributed by atoms with Crippen molar-refractivity contribution in [1.29, 1.82) is 0 Å². The molecule has 1 N–H and O–H groups in total. The summed E-state index contributed by atoms with van der Waals surface area (Å²) in [5, 5.41) is 2.94. The van der Waals surface area contributed by atoms with Crippen LogP contribution in [0.2, 0.25) is 5.02 Å².